The molecule has 0 saturated heterocycles. The second-order valence-electron chi connectivity index (χ2n) is 39.1. The molecule has 10 heteroatoms. The van der Waals surface area contributed by atoms with Crippen LogP contribution in [0.25, 0.3) is 193 Å². The average Bonchev–Trinajstić information content (AvgIpc) is 1.54. The van der Waals surface area contributed by atoms with Crippen LogP contribution in [0.3, 0.4) is 0 Å². The van der Waals surface area contributed by atoms with Crippen LogP contribution >= 0.6 is 0 Å². The van der Waals surface area contributed by atoms with Crippen LogP contribution < -0.4 is 81.9 Å². The van der Waals surface area contributed by atoms with Crippen LogP contribution in [0.4, 0.5) is 0 Å². The first-order chi connectivity index (χ1) is 66.7. The van der Waals surface area contributed by atoms with Gasteiger partial charge in [-0.05, 0) is 211 Å². The highest BCUT2D eigenvalue weighted by Gasteiger charge is 2.48. The number of aryl methyl sites for hydroxylation is 5. The Morgan fingerprint density at radius 2 is 0.444 bits per heavy atom. The lowest BCUT2D eigenvalue weighted by Crippen LogP contribution is -2.54. The van der Waals surface area contributed by atoms with Gasteiger partial charge in [-0.25, -0.2) is 0 Å². The third-order valence-electron chi connectivity index (χ3n) is 32.6. The average molecular weight is 1710 g/mol. The Kier molecular flexibility index (Phi) is 14.9. The van der Waals surface area contributed by atoms with E-state index >= 15 is 0 Å². The summed E-state index contributed by atoms with van der Waals surface area (Å²) < 4.78 is 12.5. The van der Waals surface area contributed by atoms with Gasteiger partial charge in [0.1, 0.15) is 0 Å². The molecule has 5 nitrogen and oxygen atoms in total. The van der Waals surface area contributed by atoms with E-state index in [0.29, 0.717) is 33.6 Å². The first kappa shape index (κ1) is 74.4. The molecule has 10 aliphatic heterocycles. The van der Waals surface area contributed by atoms with Gasteiger partial charge in [0.25, 0.3) is 0 Å². The van der Waals surface area contributed by atoms with E-state index < -0.39 is 0 Å². The number of fused-ring (bicyclic) bond motifs is 40. The lowest BCUT2D eigenvalue weighted by atomic mass is 9.37. The summed E-state index contributed by atoms with van der Waals surface area (Å²) in [4.78, 5) is 0. The zero-order valence-corrected chi connectivity index (χ0v) is 75.2. The molecule has 0 N–H and O–H groups in total. The quantitative estimate of drug-likeness (QED) is 0.135. The molecular weight excluding hydrogens is 1630 g/mol. The maximum atomic E-state index is 2.51. The van der Waals surface area contributed by atoms with E-state index in [4.69, 9.17) is 0 Å². The van der Waals surface area contributed by atoms with Crippen molar-refractivity contribution in [3.05, 3.63) is 422 Å². The fraction of sp³-hybridized carbons (Fsp3) is 0.0400. The zero-order chi connectivity index (χ0) is 88.5. The van der Waals surface area contributed by atoms with E-state index in [9.17, 15) is 0 Å². The van der Waals surface area contributed by atoms with Crippen molar-refractivity contribution in [2.24, 2.45) is 0 Å². The van der Waals surface area contributed by atoms with Crippen molar-refractivity contribution >= 4 is 225 Å². The monoisotopic (exact) mass is 1710 g/mol. The molecule has 0 radical (unpaired) electrons. The van der Waals surface area contributed by atoms with Crippen molar-refractivity contribution in [3.8, 4) is 84.1 Å². The minimum atomic E-state index is 0.339. The highest BCUT2D eigenvalue weighted by atomic mass is 15.0. The Morgan fingerprint density at radius 3 is 0.941 bits per heavy atom. The molecule has 0 atom stereocenters. The van der Waals surface area contributed by atoms with Crippen molar-refractivity contribution in [1.82, 2.24) is 22.8 Å². The molecule has 620 valence electrons. The zero-order valence-electron chi connectivity index (χ0n) is 75.2. The van der Waals surface area contributed by atoms with Crippen molar-refractivity contribution < 1.29 is 0 Å². The molecule has 0 amide bonds. The molecule has 0 saturated carbocycles. The Hall–Kier alpha value is -16.3. The topological polar surface area (TPSA) is 24.6 Å². The van der Waals surface area contributed by atoms with Crippen LogP contribution in [0.1, 0.15) is 27.8 Å². The summed E-state index contributed by atoms with van der Waals surface area (Å²) in [6, 6.07) is 147. The maximum absolute atomic E-state index is 2.51. The van der Waals surface area contributed by atoms with E-state index in [-0.39, 0.29) is 0 Å². The van der Waals surface area contributed by atoms with Gasteiger partial charge in [-0.3, -0.25) is 0 Å². The van der Waals surface area contributed by atoms with Crippen LogP contribution in [0.15, 0.2) is 394 Å². The van der Waals surface area contributed by atoms with Crippen LogP contribution in [-0.2, 0) is 0 Å². The third-order valence-corrected chi connectivity index (χ3v) is 32.6. The second-order valence-corrected chi connectivity index (χ2v) is 39.1. The number of nitrogens with zero attached hydrogens (tertiary/aromatic N) is 5. The van der Waals surface area contributed by atoms with Crippen molar-refractivity contribution in [2.45, 2.75) is 34.6 Å². The van der Waals surface area contributed by atoms with Gasteiger partial charge in [0.2, 0.25) is 33.6 Å². The predicted molar refractivity (Wildman–Crippen MR) is 578 cm³/mol. The Balaban J connectivity index is 0.0000000788. The molecule has 0 bridgehead atoms. The van der Waals surface area contributed by atoms with Crippen LogP contribution in [0.2, 0.25) is 0 Å². The van der Waals surface area contributed by atoms with Crippen molar-refractivity contribution in [3.63, 3.8) is 0 Å². The number of para-hydroxylation sites is 9. The molecule has 15 heterocycles. The lowest BCUT2D eigenvalue weighted by molar-refractivity contribution is 1.19. The van der Waals surface area contributed by atoms with Gasteiger partial charge >= 0.3 is 0 Å². The highest BCUT2D eigenvalue weighted by molar-refractivity contribution is 7.04. The predicted octanol–water partition coefficient (Wildman–Crippen LogP) is 19.5. The summed E-state index contributed by atoms with van der Waals surface area (Å²) in [5, 5.41) is 13.5. The summed E-state index contributed by atoms with van der Waals surface area (Å²) in [6.45, 7) is 12.9. The molecule has 20 aromatic carbocycles. The van der Waals surface area contributed by atoms with Crippen LogP contribution in [0.5, 0.6) is 0 Å². The fourth-order valence-corrected chi connectivity index (χ4v) is 27.6. The van der Waals surface area contributed by atoms with Gasteiger partial charge in [-0.2, -0.15) is 0 Å². The summed E-state index contributed by atoms with van der Waals surface area (Å²) >= 11 is 0. The second kappa shape index (κ2) is 27.0. The Morgan fingerprint density at radius 1 is 0.156 bits per heavy atom. The summed E-state index contributed by atoms with van der Waals surface area (Å²) in [6.07, 6.45) is 0. The maximum Gasteiger partial charge on any atom is 0.248 e. The highest BCUT2D eigenvalue weighted by Crippen LogP contribution is 2.46. The van der Waals surface area contributed by atoms with Gasteiger partial charge in [-0.1, -0.05) is 383 Å². The van der Waals surface area contributed by atoms with E-state index in [1.165, 1.54) is 303 Å². The molecule has 0 aliphatic carbocycles. The van der Waals surface area contributed by atoms with Crippen LogP contribution in [0, 0.1) is 34.6 Å². The molecule has 25 aromatic rings. The van der Waals surface area contributed by atoms with Gasteiger partial charge in [0, 0.05) is 110 Å². The van der Waals surface area contributed by atoms with Gasteiger partial charge in [0.15, 0.2) is 0 Å². The van der Waals surface area contributed by atoms with Crippen LogP contribution in [-0.4, -0.2) is 56.4 Å². The standard InChI is InChI=1S/5C25H16BN/c1-15-13-14-19-17-8-3-5-11-21(17)27-22-12-6-9-18-16-7-2-4-10-20(16)26(24(18)22)23(15)25(19)27;1-15-7-4-11-19-23(15)18-10-6-14-22-24(18)26(19)20-12-5-9-17-16-8-2-3-13-21(16)27(22)25(17)20;1-15-7-4-9-17-18-10-6-14-22-24(18)26(23(15)17)20-12-5-11-19-16-8-2-3-13-21(16)27(22)25(19)20;1-15-12-13-16-18-7-5-11-23-24(18)26(21(16)14-15)20-9-4-8-19-17-6-2-3-10-22(17)27(23)25(19)20;1-15-12-13-20-19(14-15)17-7-5-11-23-24(17)26(20)21-9-4-8-18-16-6-2-3-10-22(16)27(23)25(18)21/h5*2-14H,1H3. The van der Waals surface area contributed by atoms with E-state index in [1.54, 1.807) is 0 Å². The summed E-state index contributed by atoms with van der Waals surface area (Å²) in [7, 11) is 0. The van der Waals surface area contributed by atoms with Crippen molar-refractivity contribution in [1.29, 1.82) is 0 Å². The number of hydrogen-bond acceptors (Lipinski definition) is 0. The summed E-state index contributed by atoms with van der Waals surface area (Å²) in [5.41, 5.74) is 62.9. The molecule has 10 aliphatic rings. The summed E-state index contributed by atoms with van der Waals surface area (Å²) in [5.74, 6) is 0. The minimum Gasteiger partial charge on any atom is -0.310 e. The molecule has 0 spiro atoms. The molecular formula is C125H80B5N5. The fourth-order valence-electron chi connectivity index (χ4n) is 27.6. The Labute approximate surface area is 782 Å². The van der Waals surface area contributed by atoms with Gasteiger partial charge in [0.05, 0.1) is 27.6 Å². The Bertz CT molecular complexity index is 9700. The third kappa shape index (κ3) is 9.53. The largest absolute Gasteiger partial charge is 0.310 e. The van der Waals surface area contributed by atoms with E-state index in [0.717, 1.165) is 0 Å². The normalized spacial score (nSPS) is 13.3. The first-order valence-corrected chi connectivity index (χ1v) is 48.0. The lowest BCUT2D eigenvalue weighted by Gasteiger charge is -2.26. The first-order valence-electron chi connectivity index (χ1n) is 48.0. The van der Waals surface area contributed by atoms with Gasteiger partial charge < -0.3 is 22.8 Å². The number of hydrogen-bond donors (Lipinski definition) is 0. The van der Waals surface area contributed by atoms with E-state index in [1.807, 2.05) is 0 Å². The molecule has 0 fully saturated rings. The molecule has 135 heavy (non-hydrogen) atoms. The molecule has 0 unspecified atom stereocenters. The molecule has 35 rings (SSSR count). The molecule has 5 aromatic heterocycles. The van der Waals surface area contributed by atoms with Crippen molar-refractivity contribution in [2.75, 3.05) is 0 Å². The van der Waals surface area contributed by atoms with E-state index in [2.05, 4.69) is 452 Å². The number of benzene rings is 20. The SMILES string of the molecule is Cc1ccc2c(c1)-c1cccc3c1B2c1cccc2c4ccccc4n-3c12.Cc1ccc2c(c1)B1c3c-2cccc3-n2c3ccccc3c3cccc1c32.Cc1ccc2c3ccccc3n3c2c1B1c2ccccc2-c2cccc-3c21.Cc1cccc2c1-c1cccc3c1B2c1cccc2c4ccccc4n-3c12.Cc1cccc2c1B1c3c-2cccc3-n2c3ccccc3c3cccc1c32. The number of rotatable bonds is 0. The minimum absolute atomic E-state index is 0.339. The smallest absolute Gasteiger partial charge is 0.248 e. The van der Waals surface area contributed by atoms with Gasteiger partial charge in [-0.15, -0.1) is 0 Å². The number of aromatic nitrogens is 5.